The van der Waals surface area contributed by atoms with Crippen LogP contribution in [0.3, 0.4) is 0 Å². The molecule has 1 aromatic carbocycles. The molecule has 1 aliphatic heterocycles. The highest BCUT2D eigenvalue weighted by Crippen LogP contribution is 2.22. The highest BCUT2D eigenvalue weighted by Gasteiger charge is 2.30. The standard InChI is InChI=1S/C17H24N2O6S2/c1-12(11-24-2)18-27(22,23)14-6-4-13(5-7-14)16(20)19-8-9-26-15(10-19)17(21)25-3/h4-7,12,15,18H,8-11H2,1-3H3/t12-,15-/m0/s1. The summed E-state index contributed by atoms with van der Waals surface area (Å²) in [6, 6.07) is 5.37. The average Bonchev–Trinajstić information content (AvgIpc) is 2.66. The van der Waals surface area contributed by atoms with E-state index in [-0.39, 0.29) is 36.0 Å². The molecule has 1 aliphatic rings. The summed E-state index contributed by atoms with van der Waals surface area (Å²) in [5.41, 5.74) is 0.370. The summed E-state index contributed by atoms with van der Waals surface area (Å²) in [5.74, 6) is 0.0447. The van der Waals surface area contributed by atoms with Gasteiger partial charge in [0, 0.05) is 37.6 Å². The van der Waals surface area contributed by atoms with E-state index in [1.807, 2.05) is 0 Å². The molecule has 1 aromatic rings. The first-order valence-electron chi connectivity index (χ1n) is 8.38. The maximum absolute atomic E-state index is 12.7. The topological polar surface area (TPSA) is 102 Å². The van der Waals surface area contributed by atoms with Gasteiger partial charge in [0.1, 0.15) is 5.25 Å². The lowest BCUT2D eigenvalue weighted by Gasteiger charge is -2.31. The monoisotopic (exact) mass is 416 g/mol. The summed E-state index contributed by atoms with van der Waals surface area (Å²) >= 11 is 1.46. The van der Waals surface area contributed by atoms with Crippen LogP contribution >= 0.6 is 11.8 Å². The Morgan fingerprint density at radius 3 is 2.56 bits per heavy atom. The van der Waals surface area contributed by atoms with Crippen LogP contribution in [-0.2, 0) is 24.3 Å². The molecule has 0 aliphatic carbocycles. The largest absolute Gasteiger partial charge is 0.468 e. The third-order valence-electron chi connectivity index (χ3n) is 4.00. The third-order valence-corrected chi connectivity index (χ3v) is 6.77. The molecule has 1 amide bonds. The number of methoxy groups -OCH3 is 2. The number of carbonyl (C=O) groups excluding carboxylic acids is 2. The minimum Gasteiger partial charge on any atom is -0.468 e. The molecular formula is C17H24N2O6S2. The van der Waals surface area contributed by atoms with Crippen molar-refractivity contribution in [2.75, 3.05) is 39.7 Å². The Morgan fingerprint density at radius 2 is 1.96 bits per heavy atom. The zero-order valence-corrected chi connectivity index (χ0v) is 17.1. The van der Waals surface area contributed by atoms with Crippen LogP contribution < -0.4 is 4.72 Å². The van der Waals surface area contributed by atoms with Gasteiger partial charge in [-0.25, -0.2) is 13.1 Å². The zero-order chi connectivity index (χ0) is 20.0. The molecule has 1 fully saturated rings. The number of esters is 1. The van der Waals surface area contributed by atoms with E-state index < -0.39 is 15.3 Å². The molecule has 1 N–H and O–H groups in total. The minimum absolute atomic E-state index is 0.0728. The van der Waals surface area contributed by atoms with Gasteiger partial charge in [-0.15, -0.1) is 11.8 Å². The third kappa shape index (κ3) is 5.68. The molecule has 0 bridgehead atoms. The predicted molar refractivity (Wildman–Crippen MR) is 102 cm³/mol. The summed E-state index contributed by atoms with van der Waals surface area (Å²) in [6.45, 7) is 2.74. The van der Waals surface area contributed by atoms with Crippen molar-refractivity contribution in [2.45, 2.75) is 23.1 Å². The van der Waals surface area contributed by atoms with Gasteiger partial charge in [0.2, 0.25) is 10.0 Å². The first kappa shape index (κ1) is 21.7. The van der Waals surface area contributed by atoms with Crippen molar-refractivity contribution in [2.24, 2.45) is 0 Å². The van der Waals surface area contributed by atoms with Gasteiger partial charge in [-0.3, -0.25) is 9.59 Å². The summed E-state index contributed by atoms with van der Waals surface area (Å²) in [5, 5.41) is -0.404. The fraction of sp³-hybridized carbons (Fsp3) is 0.529. The maximum Gasteiger partial charge on any atom is 0.320 e. The molecule has 0 saturated carbocycles. The van der Waals surface area contributed by atoms with Crippen LogP contribution in [0.5, 0.6) is 0 Å². The van der Waals surface area contributed by atoms with Crippen LogP contribution in [0, 0.1) is 0 Å². The first-order valence-corrected chi connectivity index (χ1v) is 10.9. The van der Waals surface area contributed by atoms with Gasteiger partial charge in [0.15, 0.2) is 0 Å². The van der Waals surface area contributed by atoms with E-state index in [0.29, 0.717) is 17.9 Å². The van der Waals surface area contributed by atoms with Crippen LogP contribution in [0.25, 0.3) is 0 Å². The van der Waals surface area contributed by atoms with E-state index in [0.717, 1.165) is 0 Å². The zero-order valence-electron chi connectivity index (χ0n) is 15.5. The molecule has 1 heterocycles. The predicted octanol–water partition coefficient (Wildman–Crippen LogP) is 0.730. The van der Waals surface area contributed by atoms with Crippen molar-refractivity contribution in [1.82, 2.24) is 9.62 Å². The Kier molecular flexibility index (Phi) is 7.66. The van der Waals surface area contributed by atoms with Crippen LogP contribution in [0.1, 0.15) is 17.3 Å². The van der Waals surface area contributed by atoms with E-state index in [2.05, 4.69) is 4.72 Å². The normalized spacial score (nSPS) is 18.8. The van der Waals surface area contributed by atoms with E-state index >= 15 is 0 Å². The maximum atomic E-state index is 12.7. The number of hydrogen-bond donors (Lipinski definition) is 1. The van der Waals surface area contributed by atoms with E-state index in [9.17, 15) is 18.0 Å². The Bertz CT molecular complexity index is 766. The van der Waals surface area contributed by atoms with Crippen LogP contribution in [0.4, 0.5) is 0 Å². The Morgan fingerprint density at radius 1 is 1.30 bits per heavy atom. The molecule has 0 unspecified atom stereocenters. The Labute approximate surface area is 163 Å². The number of nitrogens with zero attached hydrogens (tertiary/aromatic N) is 1. The van der Waals surface area contributed by atoms with Crippen molar-refractivity contribution in [3.05, 3.63) is 29.8 Å². The van der Waals surface area contributed by atoms with Crippen molar-refractivity contribution >= 4 is 33.7 Å². The van der Waals surface area contributed by atoms with Gasteiger partial charge in [0.05, 0.1) is 18.6 Å². The summed E-state index contributed by atoms with van der Waals surface area (Å²) in [7, 11) is -0.873. The van der Waals surface area contributed by atoms with E-state index in [4.69, 9.17) is 9.47 Å². The molecule has 1 saturated heterocycles. The molecular weight excluding hydrogens is 392 g/mol. The molecule has 0 spiro atoms. The van der Waals surface area contributed by atoms with Crippen LogP contribution in [-0.4, -0.2) is 76.2 Å². The second-order valence-corrected chi connectivity index (χ2v) is 9.16. The fourth-order valence-corrected chi connectivity index (χ4v) is 5.04. The lowest BCUT2D eigenvalue weighted by atomic mass is 10.2. The molecule has 0 aromatic heterocycles. The number of ether oxygens (including phenoxy) is 2. The number of benzene rings is 1. The molecule has 0 radical (unpaired) electrons. The smallest absolute Gasteiger partial charge is 0.320 e. The van der Waals surface area contributed by atoms with Crippen molar-refractivity contribution in [1.29, 1.82) is 0 Å². The van der Waals surface area contributed by atoms with Gasteiger partial charge < -0.3 is 14.4 Å². The number of nitrogens with one attached hydrogen (secondary N) is 1. The summed E-state index contributed by atoms with van der Waals surface area (Å²) in [6.07, 6.45) is 0. The van der Waals surface area contributed by atoms with Crippen molar-refractivity contribution in [3.63, 3.8) is 0 Å². The molecule has 2 rings (SSSR count). The molecule has 27 heavy (non-hydrogen) atoms. The molecule has 10 heteroatoms. The second kappa shape index (κ2) is 9.54. The van der Waals surface area contributed by atoms with Gasteiger partial charge in [-0.05, 0) is 31.2 Å². The van der Waals surface area contributed by atoms with Crippen molar-refractivity contribution in [3.8, 4) is 0 Å². The van der Waals surface area contributed by atoms with Crippen LogP contribution in [0.2, 0.25) is 0 Å². The lowest BCUT2D eigenvalue weighted by Crippen LogP contribution is -2.45. The number of hydrogen-bond acceptors (Lipinski definition) is 7. The molecule has 2 atom stereocenters. The number of sulfonamides is 1. The summed E-state index contributed by atoms with van der Waals surface area (Å²) in [4.78, 5) is 26.0. The van der Waals surface area contributed by atoms with Gasteiger partial charge in [-0.2, -0.15) is 0 Å². The van der Waals surface area contributed by atoms with Gasteiger partial charge in [-0.1, -0.05) is 0 Å². The minimum atomic E-state index is -3.69. The first-order chi connectivity index (χ1) is 12.8. The number of rotatable bonds is 7. The number of thioether (sulfide) groups is 1. The van der Waals surface area contributed by atoms with Gasteiger partial charge in [0.25, 0.3) is 5.91 Å². The fourth-order valence-electron chi connectivity index (χ4n) is 2.68. The number of amides is 1. The van der Waals surface area contributed by atoms with Gasteiger partial charge >= 0.3 is 5.97 Å². The Hall–Kier alpha value is -1.62. The summed E-state index contributed by atoms with van der Waals surface area (Å²) < 4.78 is 36.8. The van der Waals surface area contributed by atoms with Crippen LogP contribution in [0.15, 0.2) is 29.2 Å². The van der Waals surface area contributed by atoms with E-state index in [1.165, 1.54) is 50.2 Å². The molecule has 150 valence electrons. The lowest BCUT2D eigenvalue weighted by molar-refractivity contribution is -0.140. The average molecular weight is 417 g/mol. The highest BCUT2D eigenvalue weighted by atomic mass is 32.2. The Balaban J connectivity index is 2.08. The highest BCUT2D eigenvalue weighted by molar-refractivity contribution is 8.00. The van der Waals surface area contributed by atoms with E-state index in [1.54, 1.807) is 11.8 Å². The molecule has 8 nitrogen and oxygen atoms in total. The second-order valence-electron chi connectivity index (χ2n) is 6.14. The quantitative estimate of drug-likeness (QED) is 0.654. The van der Waals surface area contributed by atoms with Crippen molar-refractivity contribution < 1.29 is 27.5 Å². The number of carbonyl (C=O) groups is 2. The SMILES string of the molecule is COC[C@H](C)NS(=O)(=O)c1ccc(C(=O)N2CCS[C@H](C(=O)OC)C2)cc1.